The summed E-state index contributed by atoms with van der Waals surface area (Å²) in [7, 11) is 0. The maximum atomic E-state index is 2.64. The van der Waals surface area contributed by atoms with Crippen molar-refractivity contribution in [3.8, 4) is 33.4 Å². The van der Waals surface area contributed by atoms with Crippen LogP contribution in [0.5, 0.6) is 0 Å². The molecule has 4 heteroatoms. The van der Waals surface area contributed by atoms with Gasteiger partial charge in [0.15, 0.2) is 0 Å². The molecule has 0 N–H and O–H groups in total. The molecule has 0 fully saturated rings. The molecular formula is C37H31Cl2SiZr. The molecule has 1 aliphatic carbocycles. The van der Waals surface area contributed by atoms with Crippen LogP contribution in [0, 0.1) is 5.41 Å². The van der Waals surface area contributed by atoms with E-state index in [0.29, 0.717) is 3.63 Å². The van der Waals surface area contributed by atoms with E-state index in [0.717, 1.165) is 0 Å². The molecule has 2 heterocycles. The Kier molecular flexibility index (Phi) is 7.44. The van der Waals surface area contributed by atoms with Gasteiger partial charge >= 0.3 is 242 Å². The largest absolute Gasteiger partial charge is 1.00 e. The normalized spacial score (nSPS) is 17.3. The first-order valence-corrected chi connectivity index (χ1v) is 22.8. The van der Waals surface area contributed by atoms with Crippen LogP contribution >= 0.6 is 0 Å². The van der Waals surface area contributed by atoms with Gasteiger partial charge in [0.05, 0.1) is 0 Å². The first kappa shape index (κ1) is 28.6. The fraction of sp³-hybridized carbons (Fsp3) is 0.135. The molecule has 3 aliphatic rings. The zero-order chi connectivity index (χ0) is 26.3. The molecule has 0 amide bonds. The molecule has 0 saturated carbocycles. The van der Waals surface area contributed by atoms with Crippen molar-refractivity contribution in [1.82, 2.24) is 0 Å². The van der Waals surface area contributed by atoms with Crippen LogP contribution in [0.2, 0.25) is 0 Å². The van der Waals surface area contributed by atoms with Gasteiger partial charge < -0.3 is 24.8 Å². The van der Waals surface area contributed by atoms with Crippen LogP contribution in [0.1, 0.15) is 35.5 Å². The molecule has 5 aromatic carbocycles. The van der Waals surface area contributed by atoms with Gasteiger partial charge in [-0.25, -0.2) is 0 Å². The monoisotopic (exact) mass is 663 g/mol. The number of benzene rings is 5. The van der Waals surface area contributed by atoms with Crippen molar-refractivity contribution < 1.29 is 45.7 Å². The summed E-state index contributed by atoms with van der Waals surface area (Å²) < 4.78 is 2.43. The predicted molar refractivity (Wildman–Crippen MR) is 165 cm³/mol. The SMILES string of the molecule is CC(C)(C)C1=Cc2c(ccc(-c3ccccc3)c2-c2ccccc2)[CH]1[Zr+2]1[c]2cccc3c2[SiH]1c1ccccc1-3.[Cl-].[Cl-]. The summed E-state index contributed by atoms with van der Waals surface area (Å²) >= 11 is -2.06. The van der Waals surface area contributed by atoms with Crippen molar-refractivity contribution in [2.75, 3.05) is 0 Å². The molecule has 0 saturated heterocycles. The van der Waals surface area contributed by atoms with E-state index >= 15 is 0 Å². The number of hydrogen-bond acceptors (Lipinski definition) is 0. The molecule has 0 nitrogen and oxygen atoms in total. The summed E-state index contributed by atoms with van der Waals surface area (Å²) in [5, 5.41) is 3.55. The van der Waals surface area contributed by atoms with Crippen molar-refractivity contribution in [3.05, 3.63) is 132 Å². The van der Waals surface area contributed by atoms with Gasteiger partial charge in [-0.2, -0.15) is 0 Å². The Morgan fingerprint density at radius 3 is 1.95 bits per heavy atom. The Bertz CT molecular complexity index is 1810. The summed E-state index contributed by atoms with van der Waals surface area (Å²) in [6.07, 6.45) is 2.64. The van der Waals surface area contributed by atoms with E-state index in [2.05, 4.69) is 142 Å². The predicted octanol–water partition coefficient (Wildman–Crippen LogP) is 1.29. The number of hydrogen-bond donors (Lipinski definition) is 0. The Labute approximate surface area is 264 Å². The molecule has 0 radical (unpaired) electrons. The van der Waals surface area contributed by atoms with Gasteiger partial charge in [0, 0.05) is 0 Å². The van der Waals surface area contributed by atoms with Crippen LogP contribution in [0.15, 0.2) is 121 Å². The molecule has 5 aromatic rings. The number of rotatable bonds is 3. The molecular weight excluding hydrogens is 635 g/mol. The molecule has 2 aliphatic heterocycles. The minimum Gasteiger partial charge on any atom is -1.00 e. The molecule has 41 heavy (non-hydrogen) atoms. The second kappa shape index (κ2) is 10.7. The average Bonchev–Trinajstić information content (AvgIpc) is 3.49. The standard InChI is InChI=1S/C25H23.C12H8Si.2ClH.Zr/c1-25(2,3)21-16-20-14-15-22(18-10-6-4-7-11-18)24(23(20)17-21)19-12-8-5-9-13-19;1-3-7-11-9(5-1)10-6-2-4-8-12(10)13-11;;;/h4-17H,1-3H3;1-7,13H;2*1H;/q;;;;+2/p-2. The van der Waals surface area contributed by atoms with Gasteiger partial charge in [-0.3, -0.25) is 0 Å². The minimum absolute atomic E-state index is 0. The average molecular weight is 666 g/mol. The second-order valence-corrected chi connectivity index (χ2v) is 27.2. The zero-order valence-corrected chi connectivity index (χ0v) is 28.6. The molecule has 2 unspecified atom stereocenters. The van der Waals surface area contributed by atoms with Crippen LogP contribution < -0.4 is 38.5 Å². The van der Waals surface area contributed by atoms with Crippen LogP contribution in [0.4, 0.5) is 0 Å². The third-order valence-electron chi connectivity index (χ3n) is 9.10. The quantitative estimate of drug-likeness (QED) is 0.255. The van der Waals surface area contributed by atoms with Gasteiger partial charge in [0.1, 0.15) is 0 Å². The van der Waals surface area contributed by atoms with E-state index in [9.17, 15) is 0 Å². The van der Waals surface area contributed by atoms with Crippen molar-refractivity contribution in [3.63, 3.8) is 0 Å². The smallest absolute Gasteiger partial charge is 1.00 e. The van der Waals surface area contributed by atoms with Gasteiger partial charge in [-0.05, 0) is 0 Å². The van der Waals surface area contributed by atoms with Crippen LogP contribution in [-0.2, 0) is 20.9 Å². The summed E-state index contributed by atoms with van der Waals surface area (Å²) in [5.74, 6) is -1.13. The van der Waals surface area contributed by atoms with Gasteiger partial charge in [-0.15, -0.1) is 0 Å². The zero-order valence-electron chi connectivity index (χ0n) is 23.5. The first-order chi connectivity index (χ1) is 19.0. The Balaban J connectivity index is 0.00000151. The van der Waals surface area contributed by atoms with E-state index < -0.39 is 26.8 Å². The molecule has 8 rings (SSSR count). The van der Waals surface area contributed by atoms with Crippen molar-refractivity contribution in [1.29, 1.82) is 0 Å². The summed E-state index contributed by atoms with van der Waals surface area (Å²) in [5.41, 5.74) is 13.4. The van der Waals surface area contributed by atoms with E-state index in [1.54, 1.807) is 32.6 Å². The number of fused-ring (bicyclic) bond motifs is 4. The van der Waals surface area contributed by atoms with E-state index in [1.165, 1.54) is 27.8 Å². The van der Waals surface area contributed by atoms with E-state index in [1.807, 2.05) is 3.27 Å². The number of allylic oxidation sites excluding steroid dienone is 1. The Hall–Kier alpha value is -2.48. The molecule has 201 valence electrons. The summed E-state index contributed by atoms with van der Waals surface area (Å²) in [6.45, 7) is 7.34. The maximum absolute atomic E-state index is 2.64. The Morgan fingerprint density at radius 1 is 0.610 bits per heavy atom. The first-order valence-electron chi connectivity index (χ1n) is 14.1. The van der Waals surface area contributed by atoms with Crippen LogP contribution in [-0.4, -0.2) is 5.92 Å². The molecule has 0 bridgehead atoms. The fourth-order valence-electron chi connectivity index (χ4n) is 7.44. The van der Waals surface area contributed by atoms with Crippen LogP contribution in [0.25, 0.3) is 39.5 Å². The van der Waals surface area contributed by atoms with Gasteiger partial charge in [0.25, 0.3) is 0 Å². The summed E-state index contributed by atoms with van der Waals surface area (Å²) in [6, 6.07) is 43.7. The van der Waals surface area contributed by atoms with Crippen molar-refractivity contribution >= 4 is 25.6 Å². The fourth-order valence-corrected chi connectivity index (χ4v) is 34.0. The van der Waals surface area contributed by atoms with Crippen molar-refractivity contribution in [2.45, 2.75) is 24.4 Å². The molecule has 0 aromatic heterocycles. The van der Waals surface area contributed by atoms with Gasteiger partial charge in [0.2, 0.25) is 0 Å². The number of halogens is 2. The Morgan fingerprint density at radius 2 is 1.24 bits per heavy atom. The maximum Gasteiger partial charge on any atom is -1.00 e. The molecule has 0 spiro atoms. The topological polar surface area (TPSA) is 0 Å². The summed E-state index contributed by atoms with van der Waals surface area (Å²) in [4.78, 5) is 0. The van der Waals surface area contributed by atoms with E-state index in [-0.39, 0.29) is 30.2 Å². The minimum atomic E-state index is -2.06. The second-order valence-electron chi connectivity index (χ2n) is 12.2. The van der Waals surface area contributed by atoms with Crippen LogP contribution in [0.3, 0.4) is 0 Å². The molecule has 2 atom stereocenters. The third kappa shape index (κ3) is 4.25. The third-order valence-corrected chi connectivity index (χ3v) is 31.2. The van der Waals surface area contributed by atoms with Crippen molar-refractivity contribution in [2.24, 2.45) is 5.41 Å². The van der Waals surface area contributed by atoms with Gasteiger partial charge in [-0.1, -0.05) is 0 Å². The van der Waals surface area contributed by atoms with E-state index in [4.69, 9.17) is 0 Å².